The predicted octanol–water partition coefficient (Wildman–Crippen LogP) is 1.03. The summed E-state index contributed by atoms with van der Waals surface area (Å²) in [5.41, 5.74) is 6.80. The molecule has 0 aromatic heterocycles. The van der Waals surface area contributed by atoms with Gasteiger partial charge in [-0.1, -0.05) is 12.2 Å². The van der Waals surface area contributed by atoms with E-state index in [1.54, 1.807) is 13.1 Å². The molecule has 0 saturated carbocycles. The van der Waals surface area contributed by atoms with Gasteiger partial charge in [0.15, 0.2) is 0 Å². The highest BCUT2D eigenvalue weighted by Gasteiger charge is 2.07. The molecule has 0 aliphatic heterocycles. The standard InChI is InChI=1S/C13H18FN3OS/c1-16-12(18)3-4-17(2)8-9-5-10(13(15)19)7-11(14)6-9/h5-7H,3-4,8H2,1-2H3,(H2,15,19)(H,16,18). The van der Waals surface area contributed by atoms with E-state index in [1.807, 2.05) is 11.9 Å². The normalized spacial score (nSPS) is 10.5. The fraction of sp³-hybridized carbons (Fsp3) is 0.385. The molecule has 6 heteroatoms. The molecule has 0 heterocycles. The Morgan fingerprint density at radius 2 is 2.16 bits per heavy atom. The molecule has 1 aromatic rings. The fourth-order valence-electron chi connectivity index (χ4n) is 1.69. The van der Waals surface area contributed by atoms with E-state index in [0.29, 0.717) is 25.1 Å². The van der Waals surface area contributed by atoms with E-state index in [1.165, 1.54) is 12.1 Å². The number of nitrogens with zero attached hydrogens (tertiary/aromatic N) is 1. The summed E-state index contributed by atoms with van der Waals surface area (Å²) in [5.74, 6) is -0.380. The Balaban J connectivity index is 2.66. The summed E-state index contributed by atoms with van der Waals surface area (Å²) in [4.78, 5) is 13.2. The average Bonchev–Trinajstić information content (AvgIpc) is 2.35. The Morgan fingerprint density at radius 3 is 2.74 bits per heavy atom. The molecule has 0 radical (unpaired) electrons. The Bertz CT molecular complexity index is 479. The molecule has 0 atom stereocenters. The van der Waals surface area contributed by atoms with Gasteiger partial charge >= 0.3 is 0 Å². The van der Waals surface area contributed by atoms with Gasteiger partial charge in [-0.15, -0.1) is 0 Å². The lowest BCUT2D eigenvalue weighted by molar-refractivity contribution is -0.120. The zero-order valence-corrected chi connectivity index (χ0v) is 11.9. The van der Waals surface area contributed by atoms with E-state index in [0.717, 1.165) is 5.56 Å². The van der Waals surface area contributed by atoms with Crippen LogP contribution in [0, 0.1) is 5.82 Å². The number of carbonyl (C=O) groups excluding carboxylic acids is 1. The first-order valence-corrected chi connectivity index (χ1v) is 6.31. The van der Waals surface area contributed by atoms with Crippen LogP contribution < -0.4 is 11.1 Å². The van der Waals surface area contributed by atoms with Gasteiger partial charge in [0, 0.05) is 32.1 Å². The third-order valence-electron chi connectivity index (χ3n) is 2.69. The fourth-order valence-corrected chi connectivity index (χ4v) is 1.81. The van der Waals surface area contributed by atoms with Gasteiger partial charge in [0.05, 0.1) is 0 Å². The molecular weight excluding hydrogens is 265 g/mol. The first-order valence-electron chi connectivity index (χ1n) is 5.90. The number of hydrogen-bond acceptors (Lipinski definition) is 3. The second-order valence-electron chi connectivity index (χ2n) is 4.37. The number of amides is 1. The summed E-state index contributed by atoms with van der Waals surface area (Å²) in [6.45, 7) is 1.13. The zero-order chi connectivity index (χ0) is 14.4. The smallest absolute Gasteiger partial charge is 0.221 e. The highest BCUT2D eigenvalue weighted by Crippen LogP contribution is 2.11. The van der Waals surface area contributed by atoms with Crippen molar-refractivity contribution < 1.29 is 9.18 Å². The van der Waals surface area contributed by atoms with Crippen molar-refractivity contribution in [2.45, 2.75) is 13.0 Å². The lowest BCUT2D eigenvalue weighted by Gasteiger charge is -2.16. The van der Waals surface area contributed by atoms with Gasteiger partial charge in [0.1, 0.15) is 10.8 Å². The molecule has 0 aliphatic rings. The average molecular weight is 283 g/mol. The summed E-state index contributed by atoms with van der Waals surface area (Å²) in [5, 5.41) is 2.56. The van der Waals surface area contributed by atoms with Crippen LogP contribution in [0.3, 0.4) is 0 Å². The van der Waals surface area contributed by atoms with Crippen LogP contribution in [-0.2, 0) is 11.3 Å². The first-order chi connectivity index (χ1) is 8.92. The van der Waals surface area contributed by atoms with Gasteiger partial charge in [-0.25, -0.2) is 4.39 Å². The number of nitrogens with one attached hydrogen (secondary N) is 1. The van der Waals surface area contributed by atoms with Crippen LogP contribution in [0.15, 0.2) is 18.2 Å². The minimum atomic E-state index is -0.361. The van der Waals surface area contributed by atoms with Crippen LogP contribution in [-0.4, -0.2) is 36.4 Å². The second kappa shape index (κ2) is 7.16. The molecule has 0 saturated heterocycles. The van der Waals surface area contributed by atoms with Gasteiger partial charge in [0.2, 0.25) is 5.91 Å². The minimum Gasteiger partial charge on any atom is -0.389 e. The number of carbonyl (C=O) groups is 1. The van der Waals surface area contributed by atoms with Crippen LogP contribution in [0.25, 0.3) is 0 Å². The third-order valence-corrected chi connectivity index (χ3v) is 2.93. The molecule has 0 unspecified atom stereocenters. The molecule has 19 heavy (non-hydrogen) atoms. The lowest BCUT2D eigenvalue weighted by atomic mass is 10.1. The first kappa shape index (κ1) is 15.5. The number of benzene rings is 1. The Hall–Kier alpha value is -1.53. The second-order valence-corrected chi connectivity index (χ2v) is 4.81. The van der Waals surface area contributed by atoms with Crippen molar-refractivity contribution in [1.82, 2.24) is 10.2 Å². The predicted molar refractivity (Wildman–Crippen MR) is 77.3 cm³/mol. The van der Waals surface area contributed by atoms with Gasteiger partial charge in [-0.3, -0.25) is 4.79 Å². The quantitative estimate of drug-likeness (QED) is 0.766. The van der Waals surface area contributed by atoms with Crippen molar-refractivity contribution in [3.8, 4) is 0 Å². The van der Waals surface area contributed by atoms with E-state index in [9.17, 15) is 9.18 Å². The number of rotatable bonds is 6. The maximum Gasteiger partial charge on any atom is 0.221 e. The van der Waals surface area contributed by atoms with E-state index < -0.39 is 0 Å². The van der Waals surface area contributed by atoms with Crippen LogP contribution in [0.2, 0.25) is 0 Å². The maximum absolute atomic E-state index is 13.4. The highest BCUT2D eigenvalue weighted by atomic mass is 32.1. The largest absolute Gasteiger partial charge is 0.389 e. The molecule has 1 amide bonds. The van der Waals surface area contributed by atoms with Crippen LogP contribution in [0.4, 0.5) is 4.39 Å². The van der Waals surface area contributed by atoms with E-state index in [4.69, 9.17) is 18.0 Å². The topological polar surface area (TPSA) is 58.4 Å². The molecule has 0 spiro atoms. The SMILES string of the molecule is CNC(=O)CCN(C)Cc1cc(F)cc(C(N)=S)c1. The van der Waals surface area contributed by atoms with Crippen LogP contribution in [0.5, 0.6) is 0 Å². The minimum absolute atomic E-state index is 0.0186. The van der Waals surface area contributed by atoms with Crippen molar-refractivity contribution in [1.29, 1.82) is 0 Å². The van der Waals surface area contributed by atoms with Crippen LogP contribution >= 0.6 is 12.2 Å². The van der Waals surface area contributed by atoms with E-state index in [-0.39, 0.29) is 16.7 Å². The monoisotopic (exact) mass is 283 g/mol. The zero-order valence-electron chi connectivity index (χ0n) is 11.1. The van der Waals surface area contributed by atoms with E-state index in [2.05, 4.69) is 5.32 Å². The summed E-state index contributed by atoms with van der Waals surface area (Å²) in [7, 11) is 3.47. The van der Waals surface area contributed by atoms with Gasteiger partial charge in [-0.05, 0) is 30.8 Å². The van der Waals surface area contributed by atoms with Crippen LogP contribution in [0.1, 0.15) is 17.5 Å². The third kappa shape index (κ3) is 5.32. The van der Waals surface area contributed by atoms with Crippen molar-refractivity contribution in [3.63, 3.8) is 0 Å². The lowest BCUT2D eigenvalue weighted by Crippen LogP contribution is -2.26. The van der Waals surface area contributed by atoms with Crippen molar-refractivity contribution in [3.05, 3.63) is 35.1 Å². The van der Waals surface area contributed by atoms with Gasteiger partial charge in [-0.2, -0.15) is 0 Å². The molecule has 0 fully saturated rings. The summed E-state index contributed by atoms with van der Waals surface area (Å²) in [6.07, 6.45) is 0.407. The molecule has 1 aromatic carbocycles. The van der Waals surface area contributed by atoms with Crippen molar-refractivity contribution >= 4 is 23.1 Å². The molecule has 0 aliphatic carbocycles. The number of halogens is 1. The van der Waals surface area contributed by atoms with Crippen molar-refractivity contribution in [2.75, 3.05) is 20.6 Å². The Labute approximate surface area is 117 Å². The number of thiocarbonyl (C=S) groups is 1. The maximum atomic E-state index is 13.4. The summed E-state index contributed by atoms with van der Waals surface area (Å²) in [6, 6.07) is 4.52. The molecule has 1 rings (SSSR count). The van der Waals surface area contributed by atoms with Crippen molar-refractivity contribution in [2.24, 2.45) is 5.73 Å². The Morgan fingerprint density at radius 1 is 1.47 bits per heavy atom. The molecule has 4 nitrogen and oxygen atoms in total. The van der Waals surface area contributed by atoms with Gasteiger partial charge < -0.3 is 16.0 Å². The highest BCUT2D eigenvalue weighted by molar-refractivity contribution is 7.80. The molecular formula is C13H18FN3OS. The molecule has 104 valence electrons. The summed E-state index contributed by atoms with van der Waals surface area (Å²) >= 11 is 4.84. The van der Waals surface area contributed by atoms with Gasteiger partial charge in [0.25, 0.3) is 0 Å². The molecule has 3 N–H and O–H groups in total. The van der Waals surface area contributed by atoms with E-state index >= 15 is 0 Å². The molecule has 0 bridgehead atoms. The number of hydrogen-bond donors (Lipinski definition) is 2. The number of nitrogens with two attached hydrogens (primary N) is 1. The Kier molecular flexibility index (Phi) is 5.85. The summed E-state index contributed by atoms with van der Waals surface area (Å²) < 4.78 is 13.4.